The second-order valence-corrected chi connectivity index (χ2v) is 20.0. The van der Waals surface area contributed by atoms with Gasteiger partial charge in [-0.2, -0.15) is 11.8 Å². The summed E-state index contributed by atoms with van der Waals surface area (Å²) >= 11 is 1.90. The SMILES string of the molecule is CN(CC=CC(=O)Nc1cccc(Nc2cc(Nc3ccc(Oc4ccccc4)cc3)ncn2)c1)CCCCNC(=O)CCCC(=O)NCCCOCCOCCOCCCNC(=O)CCCCC1SCC2NC(=O)NC21. The number of thioether (sulfide) groups is 1. The molecule has 416 valence electrons. The van der Waals surface area contributed by atoms with E-state index in [-0.39, 0.29) is 48.2 Å². The number of aromatic nitrogens is 2. The van der Waals surface area contributed by atoms with Crippen LogP contribution in [0, 0.1) is 0 Å². The number of unbranched alkanes of at least 4 members (excludes halogenated alkanes) is 2. The number of nitrogens with zero attached hydrogens (tertiary/aromatic N) is 3. The summed E-state index contributed by atoms with van der Waals surface area (Å²) in [5.41, 5.74) is 2.22. The molecule has 77 heavy (non-hydrogen) atoms. The van der Waals surface area contributed by atoms with E-state index in [4.69, 9.17) is 18.9 Å². The maximum absolute atomic E-state index is 12.7. The maximum Gasteiger partial charge on any atom is 0.315 e. The minimum absolute atomic E-state index is 0.0628. The Morgan fingerprint density at radius 1 is 0.649 bits per heavy atom. The number of benzene rings is 3. The predicted octanol–water partition coefficient (Wildman–Crippen LogP) is 7.04. The van der Waals surface area contributed by atoms with Crippen LogP contribution in [-0.2, 0) is 33.4 Å². The van der Waals surface area contributed by atoms with Gasteiger partial charge in [-0.15, -0.1) is 0 Å². The fourth-order valence-corrected chi connectivity index (χ4v) is 9.88. The largest absolute Gasteiger partial charge is 0.457 e. The molecule has 0 bridgehead atoms. The van der Waals surface area contributed by atoms with Crippen LogP contribution in [0.3, 0.4) is 0 Å². The van der Waals surface area contributed by atoms with Crippen molar-refractivity contribution in [1.82, 2.24) is 41.5 Å². The van der Waals surface area contributed by atoms with E-state index in [0.29, 0.717) is 114 Å². The summed E-state index contributed by atoms with van der Waals surface area (Å²) in [7, 11) is 1.98. The monoisotopic (exact) mass is 1080 g/mol. The van der Waals surface area contributed by atoms with Crippen molar-refractivity contribution in [2.75, 3.05) is 101 Å². The fraction of sp³-hybridized carbons (Fsp3) is 0.482. The molecule has 2 fully saturated rings. The van der Waals surface area contributed by atoms with Gasteiger partial charge in [-0.3, -0.25) is 19.2 Å². The summed E-state index contributed by atoms with van der Waals surface area (Å²) in [6.07, 6.45) is 12.3. The summed E-state index contributed by atoms with van der Waals surface area (Å²) in [6, 6.07) is 26.8. The minimum atomic E-state index is -0.239. The third-order valence-electron chi connectivity index (χ3n) is 12.4. The van der Waals surface area contributed by atoms with Crippen LogP contribution in [-0.4, -0.2) is 147 Å². The molecule has 2 saturated heterocycles. The zero-order valence-corrected chi connectivity index (χ0v) is 45.1. The Morgan fingerprint density at radius 3 is 1.95 bits per heavy atom. The Morgan fingerprint density at radius 2 is 1.26 bits per heavy atom. The number of nitrogens with one attached hydrogen (secondary N) is 8. The average Bonchev–Trinajstić information content (AvgIpc) is 3.99. The van der Waals surface area contributed by atoms with E-state index < -0.39 is 0 Å². The topological polar surface area (TPSA) is 248 Å². The lowest BCUT2D eigenvalue weighted by Crippen LogP contribution is -2.36. The first-order valence-corrected chi connectivity index (χ1v) is 27.9. The number of fused-ring (bicyclic) bond motifs is 1. The highest BCUT2D eigenvalue weighted by atomic mass is 32.2. The highest BCUT2D eigenvalue weighted by Gasteiger charge is 2.42. The second kappa shape index (κ2) is 34.8. The summed E-state index contributed by atoms with van der Waals surface area (Å²) in [5.74, 6) is 3.31. The molecular weight excluding hydrogens is 1000 g/mol. The van der Waals surface area contributed by atoms with Crippen LogP contribution in [0.2, 0.25) is 0 Å². The minimum Gasteiger partial charge on any atom is -0.457 e. The van der Waals surface area contributed by atoms with Crippen molar-refractivity contribution >= 4 is 70.1 Å². The van der Waals surface area contributed by atoms with Gasteiger partial charge >= 0.3 is 6.03 Å². The van der Waals surface area contributed by atoms with Crippen LogP contribution in [0.1, 0.15) is 70.6 Å². The number of urea groups is 1. The van der Waals surface area contributed by atoms with E-state index >= 15 is 0 Å². The molecule has 21 heteroatoms. The van der Waals surface area contributed by atoms with Crippen molar-refractivity contribution < 1.29 is 42.9 Å². The second-order valence-electron chi connectivity index (χ2n) is 18.7. The predicted molar refractivity (Wildman–Crippen MR) is 301 cm³/mol. The molecule has 0 saturated carbocycles. The lowest BCUT2D eigenvalue weighted by molar-refractivity contribution is -0.123. The molecule has 2 aliphatic rings. The average molecular weight is 1080 g/mol. The maximum atomic E-state index is 12.7. The van der Waals surface area contributed by atoms with E-state index in [1.807, 2.05) is 104 Å². The van der Waals surface area contributed by atoms with Crippen LogP contribution in [0.15, 0.2) is 103 Å². The van der Waals surface area contributed by atoms with Gasteiger partial charge in [0.25, 0.3) is 0 Å². The molecule has 3 atom stereocenters. The number of ether oxygens (including phenoxy) is 4. The molecule has 3 unspecified atom stereocenters. The molecule has 3 heterocycles. The third-order valence-corrected chi connectivity index (χ3v) is 13.9. The molecular formula is C56H77N11O9S. The van der Waals surface area contributed by atoms with Gasteiger partial charge < -0.3 is 66.4 Å². The number of carbonyl (C=O) groups excluding carboxylic acids is 5. The van der Waals surface area contributed by atoms with Crippen molar-refractivity contribution in [2.24, 2.45) is 0 Å². The van der Waals surface area contributed by atoms with Gasteiger partial charge in [-0.1, -0.05) is 36.8 Å². The Balaban J connectivity index is 0.674. The van der Waals surface area contributed by atoms with Crippen molar-refractivity contribution in [1.29, 1.82) is 0 Å². The molecule has 8 N–H and O–H groups in total. The zero-order valence-electron chi connectivity index (χ0n) is 44.2. The summed E-state index contributed by atoms with van der Waals surface area (Å²) < 4.78 is 22.6. The van der Waals surface area contributed by atoms with Gasteiger partial charge in [0.05, 0.1) is 38.5 Å². The van der Waals surface area contributed by atoms with Crippen molar-refractivity contribution in [2.45, 2.75) is 88.0 Å². The molecule has 0 spiro atoms. The Labute approximate surface area is 456 Å². The Kier molecular flexibility index (Phi) is 26.9. The van der Waals surface area contributed by atoms with Crippen LogP contribution >= 0.6 is 11.8 Å². The summed E-state index contributed by atoms with van der Waals surface area (Å²) in [4.78, 5) is 71.7. The molecule has 0 aliphatic carbocycles. The lowest BCUT2D eigenvalue weighted by atomic mass is 10.0. The number of amides is 6. The van der Waals surface area contributed by atoms with Gasteiger partial charge in [0.2, 0.25) is 23.6 Å². The summed E-state index contributed by atoms with van der Waals surface area (Å²) in [5, 5.41) is 24.6. The molecule has 0 radical (unpaired) electrons. The van der Waals surface area contributed by atoms with E-state index in [1.165, 1.54) is 12.4 Å². The summed E-state index contributed by atoms with van der Waals surface area (Å²) in [6.45, 7) is 5.93. The first-order chi connectivity index (χ1) is 37.6. The number of hydrogen-bond acceptors (Lipinski definition) is 15. The lowest BCUT2D eigenvalue weighted by Gasteiger charge is -2.16. The van der Waals surface area contributed by atoms with E-state index in [0.717, 1.165) is 73.7 Å². The van der Waals surface area contributed by atoms with Gasteiger partial charge in [0, 0.05) is 98.9 Å². The molecule has 4 aromatic rings. The van der Waals surface area contributed by atoms with Crippen molar-refractivity contribution in [3.8, 4) is 11.5 Å². The fourth-order valence-electron chi connectivity index (χ4n) is 8.34. The number of hydrogen-bond donors (Lipinski definition) is 8. The normalized spacial score (nSPS) is 15.6. The molecule has 2 aliphatic heterocycles. The molecule has 6 amide bonds. The zero-order chi connectivity index (χ0) is 54.1. The van der Waals surface area contributed by atoms with Gasteiger partial charge in [0.1, 0.15) is 29.5 Å². The molecule has 1 aromatic heterocycles. The van der Waals surface area contributed by atoms with E-state index in [2.05, 4.69) is 57.4 Å². The van der Waals surface area contributed by atoms with Crippen molar-refractivity contribution in [3.63, 3.8) is 0 Å². The first kappa shape index (κ1) is 59.5. The van der Waals surface area contributed by atoms with E-state index in [9.17, 15) is 24.0 Å². The smallest absolute Gasteiger partial charge is 0.315 e. The van der Waals surface area contributed by atoms with Crippen LogP contribution in [0.25, 0.3) is 0 Å². The van der Waals surface area contributed by atoms with Crippen LogP contribution in [0.4, 0.5) is 33.5 Å². The highest BCUT2D eigenvalue weighted by molar-refractivity contribution is 8.00. The quantitative estimate of drug-likeness (QED) is 0.0127. The number of likely N-dealkylation sites (N-methyl/N-ethyl adjacent to an activating group) is 1. The number of anilines is 5. The Bertz CT molecular complexity index is 2440. The van der Waals surface area contributed by atoms with Crippen LogP contribution in [0.5, 0.6) is 11.5 Å². The number of para-hydroxylation sites is 1. The van der Waals surface area contributed by atoms with Gasteiger partial charge in [-0.05, 0) is 113 Å². The van der Waals surface area contributed by atoms with Crippen molar-refractivity contribution in [3.05, 3.63) is 103 Å². The van der Waals surface area contributed by atoms with E-state index in [1.54, 1.807) is 6.07 Å². The third kappa shape index (κ3) is 24.4. The molecule has 20 nitrogen and oxygen atoms in total. The number of carbonyl (C=O) groups is 5. The van der Waals surface area contributed by atoms with Gasteiger partial charge in [0.15, 0.2) is 0 Å². The first-order valence-electron chi connectivity index (χ1n) is 26.8. The highest BCUT2D eigenvalue weighted by Crippen LogP contribution is 2.33. The Hall–Kier alpha value is -6.78. The van der Waals surface area contributed by atoms with Crippen LogP contribution < -0.4 is 47.3 Å². The molecule has 6 rings (SSSR count). The standard InChI is InChI=1S/C56H77N11O9S/c1-67(31-11-22-54(71)64-44-15-9-14-43(38-44)63-50-39-49(60-41-61-50)62-42-23-25-46(26-24-42)76-45-16-3-2-4-17-45)30-8-7-27-57-52(69)20-10-21-53(70)59-29-13-33-74-35-37-75-36-34-73-32-12-28-58-51(68)19-6-5-18-48-55-47(40-77-48)65-56(72)66-55/h2-4,9,11,14-17,22-26,38-39,41,47-48,55H,5-8,10,12-13,18-21,27-37,40H2,1H3,(H,57,69)(H,58,68)(H,59,70)(H,64,71)(H2,65,66,72)(H2,60,61,62,63). The van der Waals surface area contributed by atoms with Gasteiger partial charge in [-0.25, -0.2) is 14.8 Å². The number of rotatable bonds is 38. The molecule has 3 aromatic carbocycles.